The van der Waals surface area contributed by atoms with Crippen LogP contribution >= 0.6 is 22.7 Å². The lowest BCUT2D eigenvalue weighted by Gasteiger charge is -2.43. The van der Waals surface area contributed by atoms with Crippen LogP contribution < -0.4 is 19.3 Å². The summed E-state index contributed by atoms with van der Waals surface area (Å²) in [5.41, 5.74) is 2.02. The Morgan fingerprint density at radius 2 is 1.27 bits per heavy atom. The van der Waals surface area contributed by atoms with Crippen molar-refractivity contribution < 1.29 is 9.47 Å². The average molecular weight is 484 g/mol. The van der Waals surface area contributed by atoms with Gasteiger partial charge in [0.05, 0.1) is 53.7 Å². The maximum atomic E-state index is 5.68. The van der Waals surface area contributed by atoms with Crippen LogP contribution in [0.4, 0.5) is 10.3 Å². The maximum Gasteiger partial charge on any atom is 0.188 e. The molecule has 0 saturated carbocycles. The number of hydrogen-bond acceptors (Lipinski definition) is 9. The van der Waals surface area contributed by atoms with Crippen molar-refractivity contribution in [3.63, 3.8) is 0 Å². The van der Waals surface area contributed by atoms with Crippen molar-refractivity contribution in [3.05, 3.63) is 36.4 Å². The Balaban J connectivity index is 1.45. The van der Waals surface area contributed by atoms with Gasteiger partial charge in [-0.3, -0.25) is 4.90 Å². The molecule has 7 nitrogen and oxygen atoms in total. The van der Waals surface area contributed by atoms with Crippen LogP contribution in [0.2, 0.25) is 0 Å². The van der Waals surface area contributed by atoms with E-state index in [1.165, 1.54) is 0 Å². The zero-order valence-corrected chi connectivity index (χ0v) is 21.1. The normalized spacial score (nSPS) is 15.2. The molecule has 0 bridgehead atoms. The van der Waals surface area contributed by atoms with Crippen molar-refractivity contribution in [2.24, 2.45) is 0 Å². The van der Waals surface area contributed by atoms with E-state index in [9.17, 15) is 0 Å². The van der Waals surface area contributed by atoms with E-state index in [1.54, 1.807) is 22.7 Å². The first-order valence-electron chi connectivity index (χ1n) is 11.3. The van der Waals surface area contributed by atoms with E-state index in [0.29, 0.717) is 19.3 Å². The number of hydrogen-bond donors (Lipinski definition) is 0. The van der Waals surface area contributed by atoms with Gasteiger partial charge in [-0.15, -0.1) is 0 Å². The molecule has 9 heteroatoms. The summed E-state index contributed by atoms with van der Waals surface area (Å²) in [6.07, 6.45) is 0. The molecule has 0 N–H and O–H groups in total. The molecule has 0 aliphatic carbocycles. The Hall–Kier alpha value is -2.62. The lowest BCUT2D eigenvalue weighted by Crippen LogP contribution is -2.57. The first kappa shape index (κ1) is 22.2. The molecule has 174 valence electrons. The largest absolute Gasteiger partial charge is 0.494 e. The number of ether oxygens (including phenoxy) is 2. The smallest absolute Gasteiger partial charge is 0.188 e. The number of anilines is 2. The van der Waals surface area contributed by atoms with Crippen LogP contribution in [-0.4, -0.2) is 54.1 Å². The minimum atomic E-state index is 0.410. The van der Waals surface area contributed by atoms with Gasteiger partial charge in [0.25, 0.3) is 0 Å². The standard InChI is InChI=1S/C24H29N5O2S2/c1-5-30-17-7-9-19-21(11-17)32-23(25-19)28-13-27(16(3)4)14-29(15-28)24-26-20-10-8-18(31-6-2)12-22(20)33-24/h7-12,16H,5-6,13-15H2,1-4H3. The second-order valence-corrected chi connectivity index (χ2v) is 10.3. The number of thiazole rings is 2. The fourth-order valence-electron chi connectivity index (χ4n) is 3.92. The summed E-state index contributed by atoms with van der Waals surface area (Å²) in [4.78, 5) is 17.0. The third-order valence-corrected chi connectivity index (χ3v) is 7.79. The summed E-state index contributed by atoms with van der Waals surface area (Å²) >= 11 is 3.43. The van der Waals surface area contributed by atoms with E-state index >= 15 is 0 Å². The molecular formula is C24H29N5O2S2. The second-order valence-electron chi connectivity index (χ2n) is 8.30. The van der Waals surface area contributed by atoms with Gasteiger partial charge in [-0.25, -0.2) is 9.97 Å². The number of fused-ring (bicyclic) bond motifs is 2. The lowest BCUT2D eigenvalue weighted by atomic mass is 10.3. The molecule has 2 aromatic carbocycles. The molecule has 5 rings (SSSR count). The van der Waals surface area contributed by atoms with Gasteiger partial charge in [0.1, 0.15) is 11.5 Å². The van der Waals surface area contributed by atoms with Gasteiger partial charge in [0.15, 0.2) is 10.3 Å². The number of benzene rings is 2. The van der Waals surface area contributed by atoms with Gasteiger partial charge in [0, 0.05) is 6.04 Å². The maximum absolute atomic E-state index is 5.68. The van der Waals surface area contributed by atoms with Crippen LogP contribution in [0.5, 0.6) is 11.5 Å². The van der Waals surface area contributed by atoms with E-state index in [0.717, 1.165) is 62.2 Å². The minimum Gasteiger partial charge on any atom is -0.494 e. The molecule has 2 aromatic heterocycles. The molecule has 0 radical (unpaired) electrons. The van der Waals surface area contributed by atoms with Crippen LogP contribution in [-0.2, 0) is 0 Å². The quantitative estimate of drug-likeness (QED) is 0.338. The Bertz CT molecular complexity index is 1160. The number of nitrogens with zero attached hydrogens (tertiary/aromatic N) is 5. The average Bonchev–Trinajstić information content (AvgIpc) is 3.43. The Morgan fingerprint density at radius 1 is 0.788 bits per heavy atom. The van der Waals surface area contributed by atoms with Crippen LogP contribution in [0.3, 0.4) is 0 Å². The molecule has 0 spiro atoms. The van der Waals surface area contributed by atoms with Gasteiger partial charge < -0.3 is 19.3 Å². The Kier molecular flexibility index (Phi) is 6.27. The Labute approximate surface area is 202 Å². The zero-order valence-electron chi connectivity index (χ0n) is 19.4. The molecule has 0 unspecified atom stereocenters. The van der Waals surface area contributed by atoms with E-state index in [2.05, 4.69) is 40.7 Å². The van der Waals surface area contributed by atoms with Gasteiger partial charge in [0.2, 0.25) is 0 Å². The summed E-state index contributed by atoms with van der Waals surface area (Å²) in [5.74, 6) is 1.79. The summed E-state index contributed by atoms with van der Waals surface area (Å²) in [7, 11) is 0. The lowest BCUT2D eigenvalue weighted by molar-refractivity contribution is 0.196. The molecule has 33 heavy (non-hydrogen) atoms. The van der Waals surface area contributed by atoms with Crippen molar-refractivity contribution in [3.8, 4) is 11.5 Å². The van der Waals surface area contributed by atoms with Crippen LogP contribution in [0, 0.1) is 0 Å². The highest BCUT2D eigenvalue weighted by Gasteiger charge is 2.29. The fraction of sp³-hybridized carbons (Fsp3) is 0.417. The van der Waals surface area contributed by atoms with Crippen molar-refractivity contribution >= 4 is 53.4 Å². The first-order valence-corrected chi connectivity index (χ1v) is 13.0. The molecule has 1 fully saturated rings. The third-order valence-electron chi connectivity index (χ3n) is 5.64. The zero-order chi connectivity index (χ0) is 22.9. The highest BCUT2D eigenvalue weighted by Crippen LogP contribution is 2.36. The predicted octanol–water partition coefficient (Wildman–Crippen LogP) is 5.61. The van der Waals surface area contributed by atoms with Gasteiger partial charge in [-0.1, -0.05) is 22.7 Å². The Morgan fingerprint density at radius 3 is 1.70 bits per heavy atom. The van der Waals surface area contributed by atoms with Crippen molar-refractivity contribution in [1.82, 2.24) is 14.9 Å². The molecule has 1 saturated heterocycles. The highest BCUT2D eigenvalue weighted by molar-refractivity contribution is 7.22. The summed E-state index contributed by atoms with van der Waals surface area (Å²) in [6, 6.07) is 12.7. The molecule has 4 aromatic rings. The van der Waals surface area contributed by atoms with E-state index in [-0.39, 0.29) is 0 Å². The summed E-state index contributed by atoms with van der Waals surface area (Å²) in [6.45, 7) is 12.2. The SMILES string of the molecule is CCOc1ccc2nc(N3CN(c4nc5ccc(OCC)cc5s4)CN(C(C)C)C3)sc2c1. The van der Waals surface area contributed by atoms with Crippen molar-refractivity contribution in [2.75, 3.05) is 43.0 Å². The van der Waals surface area contributed by atoms with Crippen LogP contribution in [0.1, 0.15) is 27.7 Å². The first-order chi connectivity index (χ1) is 16.0. The number of aromatic nitrogens is 2. The van der Waals surface area contributed by atoms with Gasteiger partial charge >= 0.3 is 0 Å². The van der Waals surface area contributed by atoms with Crippen molar-refractivity contribution in [1.29, 1.82) is 0 Å². The highest BCUT2D eigenvalue weighted by atomic mass is 32.1. The van der Waals surface area contributed by atoms with E-state index < -0.39 is 0 Å². The van der Waals surface area contributed by atoms with Crippen LogP contribution in [0.25, 0.3) is 20.4 Å². The molecule has 1 aliphatic heterocycles. The third kappa shape index (κ3) is 4.58. The monoisotopic (exact) mass is 483 g/mol. The summed E-state index contributed by atoms with van der Waals surface area (Å²) < 4.78 is 13.6. The second kappa shape index (κ2) is 9.32. The number of rotatable bonds is 7. The molecule has 0 amide bonds. The molecule has 3 heterocycles. The molecule has 1 aliphatic rings. The van der Waals surface area contributed by atoms with Gasteiger partial charge in [-0.05, 0) is 64.1 Å². The minimum absolute atomic E-state index is 0.410. The van der Waals surface area contributed by atoms with Crippen LogP contribution in [0.15, 0.2) is 36.4 Å². The topological polar surface area (TPSA) is 54.0 Å². The fourth-order valence-corrected chi connectivity index (χ4v) is 5.87. The predicted molar refractivity (Wildman–Crippen MR) is 138 cm³/mol. The van der Waals surface area contributed by atoms with Crippen molar-refractivity contribution in [2.45, 2.75) is 33.7 Å². The summed E-state index contributed by atoms with van der Waals surface area (Å²) in [5, 5.41) is 2.04. The van der Waals surface area contributed by atoms with E-state index in [4.69, 9.17) is 19.4 Å². The molecular weight excluding hydrogens is 454 g/mol. The van der Waals surface area contributed by atoms with Gasteiger partial charge in [-0.2, -0.15) is 0 Å². The molecule has 0 atom stereocenters. The van der Waals surface area contributed by atoms with E-state index in [1.807, 2.05) is 38.1 Å².